The van der Waals surface area contributed by atoms with Crippen molar-refractivity contribution in [2.75, 3.05) is 0 Å². The van der Waals surface area contributed by atoms with E-state index in [0.717, 1.165) is 12.8 Å². The topological polar surface area (TPSA) is 74.6 Å². The van der Waals surface area contributed by atoms with Gasteiger partial charge in [-0.25, -0.2) is 4.79 Å². The molecule has 0 heterocycles. The van der Waals surface area contributed by atoms with Crippen LogP contribution in [0.1, 0.15) is 47.0 Å². The van der Waals surface area contributed by atoms with Gasteiger partial charge in [0.2, 0.25) is 0 Å². The first-order valence-electron chi connectivity index (χ1n) is 6.19. The summed E-state index contributed by atoms with van der Waals surface area (Å²) in [7, 11) is 0. The lowest BCUT2D eigenvalue weighted by atomic mass is 9.77. The van der Waals surface area contributed by atoms with Gasteiger partial charge in [-0.2, -0.15) is 0 Å². The summed E-state index contributed by atoms with van der Waals surface area (Å²) in [5, 5.41) is 15.8. The van der Waals surface area contributed by atoms with Crippen molar-refractivity contribution in [3.8, 4) is 0 Å². The van der Waals surface area contributed by atoms with Gasteiger partial charge in [0, 0.05) is 12.3 Å². The highest BCUT2D eigenvalue weighted by Crippen LogP contribution is 2.29. The van der Waals surface area contributed by atoms with Crippen LogP contribution in [0.25, 0.3) is 0 Å². The predicted molar refractivity (Wildman–Crippen MR) is 65.7 cm³/mol. The van der Waals surface area contributed by atoms with Crippen LogP contribution >= 0.6 is 0 Å². The number of rotatable bonds is 2. The summed E-state index contributed by atoms with van der Waals surface area (Å²) < 4.78 is 0. The van der Waals surface area contributed by atoms with Crippen LogP contribution in [-0.2, 0) is 9.59 Å². The van der Waals surface area contributed by atoms with E-state index in [1.54, 1.807) is 0 Å². The second kappa shape index (κ2) is 7.43. The summed E-state index contributed by atoms with van der Waals surface area (Å²) in [5.74, 6) is 0.868. The first kappa shape index (κ1) is 16.1. The molecule has 0 aromatic heterocycles. The van der Waals surface area contributed by atoms with Crippen molar-refractivity contribution < 1.29 is 19.8 Å². The van der Waals surface area contributed by atoms with Gasteiger partial charge < -0.3 is 10.2 Å². The summed E-state index contributed by atoms with van der Waals surface area (Å²) >= 11 is 0. The number of hydrogen-bond acceptors (Lipinski definition) is 3. The summed E-state index contributed by atoms with van der Waals surface area (Å²) in [4.78, 5) is 20.9. The fourth-order valence-electron chi connectivity index (χ4n) is 1.93. The summed E-state index contributed by atoms with van der Waals surface area (Å²) in [6.07, 6.45) is 1.96. The van der Waals surface area contributed by atoms with Crippen LogP contribution in [0.2, 0.25) is 0 Å². The van der Waals surface area contributed by atoms with Crippen LogP contribution < -0.4 is 0 Å². The molecule has 1 rings (SSSR count). The van der Waals surface area contributed by atoms with Crippen molar-refractivity contribution in [1.29, 1.82) is 0 Å². The average Bonchev–Trinajstić information content (AvgIpc) is 2.17. The Balaban J connectivity index is 0.000000366. The van der Waals surface area contributed by atoms with Crippen LogP contribution in [-0.4, -0.2) is 28.1 Å². The number of ketones is 1. The quantitative estimate of drug-likeness (QED) is 0.780. The number of carboxylic acids is 1. The Bertz CT molecular complexity index is 258. The number of carbonyl (C=O) groups excluding carboxylic acids is 1. The maximum absolute atomic E-state index is 11.4. The third kappa shape index (κ3) is 6.41. The zero-order valence-electron chi connectivity index (χ0n) is 11.1. The summed E-state index contributed by atoms with van der Waals surface area (Å²) in [6, 6.07) is 0. The fourth-order valence-corrected chi connectivity index (χ4v) is 1.93. The number of hydrogen-bond donors (Lipinski definition) is 2. The molecular formula is C13H24O4. The van der Waals surface area contributed by atoms with Gasteiger partial charge in [0.1, 0.15) is 11.9 Å². The van der Waals surface area contributed by atoms with Crippen molar-refractivity contribution in [1.82, 2.24) is 0 Å². The third-order valence-electron chi connectivity index (χ3n) is 3.10. The molecule has 1 aliphatic rings. The first-order chi connectivity index (χ1) is 7.75. The molecule has 17 heavy (non-hydrogen) atoms. The lowest BCUT2D eigenvalue weighted by molar-refractivity contribution is -0.145. The molecule has 3 atom stereocenters. The van der Waals surface area contributed by atoms with Crippen LogP contribution in [0.15, 0.2) is 0 Å². The van der Waals surface area contributed by atoms with Gasteiger partial charge in [0.05, 0.1) is 0 Å². The van der Waals surface area contributed by atoms with Crippen molar-refractivity contribution in [3.05, 3.63) is 0 Å². The van der Waals surface area contributed by atoms with E-state index in [1.165, 1.54) is 13.3 Å². The molecule has 0 spiro atoms. The molecule has 0 aliphatic heterocycles. The van der Waals surface area contributed by atoms with Crippen molar-refractivity contribution in [2.45, 2.75) is 53.1 Å². The van der Waals surface area contributed by atoms with E-state index in [2.05, 4.69) is 20.8 Å². The Morgan fingerprint density at radius 3 is 2.06 bits per heavy atom. The van der Waals surface area contributed by atoms with E-state index >= 15 is 0 Å². The number of Topliss-reactive ketones (excluding diaryl/α,β-unsaturated/α-hetero) is 1. The lowest BCUT2D eigenvalue weighted by Crippen LogP contribution is -2.27. The minimum absolute atomic E-state index is 0.367. The molecule has 1 fully saturated rings. The van der Waals surface area contributed by atoms with Gasteiger partial charge >= 0.3 is 5.97 Å². The van der Waals surface area contributed by atoms with E-state index in [4.69, 9.17) is 10.2 Å². The zero-order valence-corrected chi connectivity index (χ0v) is 11.1. The number of carbonyl (C=O) groups is 2. The Hall–Kier alpha value is -0.900. The highest BCUT2D eigenvalue weighted by Gasteiger charge is 2.27. The van der Waals surface area contributed by atoms with Crippen LogP contribution in [0.3, 0.4) is 0 Å². The second-order valence-electron chi connectivity index (χ2n) is 5.22. The van der Waals surface area contributed by atoms with E-state index in [-0.39, 0.29) is 0 Å². The monoisotopic (exact) mass is 244 g/mol. The molecule has 4 heteroatoms. The molecule has 4 nitrogen and oxygen atoms in total. The molecule has 0 amide bonds. The van der Waals surface area contributed by atoms with Gasteiger partial charge in [-0.05, 0) is 31.6 Å². The molecule has 0 saturated heterocycles. The lowest BCUT2D eigenvalue weighted by Gasteiger charge is -2.27. The Morgan fingerprint density at radius 2 is 1.76 bits per heavy atom. The molecule has 0 bridgehead atoms. The predicted octanol–water partition coefficient (Wildman–Crippen LogP) is 2.10. The molecule has 0 aromatic carbocycles. The molecule has 1 unspecified atom stereocenters. The van der Waals surface area contributed by atoms with Crippen molar-refractivity contribution in [3.63, 3.8) is 0 Å². The highest BCUT2D eigenvalue weighted by atomic mass is 16.4. The zero-order chi connectivity index (χ0) is 13.6. The maximum Gasteiger partial charge on any atom is 0.332 e. The summed E-state index contributed by atoms with van der Waals surface area (Å²) in [6.45, 7) is 7.67. The van der Waals surface area contributed by atoms with Gasteiger partial charge in [0.15, 0.2) is 0 Å². The minimum Gasteiger partial charge on any atom is -0.479 e. The summed E-state index contributed by atoms with van der Waals surface area (Å²) in [5.41, 5.74) is 0. The SMILES string of the molecule is CC(C)[C@H]1CC[C@H](C)CC1=O.CC(O)C(=O)O. The number of carboxylic acid groups (broad SMARTS) is 1. The molecule has 2 N–H and O–H groups in total. The molecule has 0 radical (unpaired) electrons. The van der Waals surface area contributed by atoms with E-state index in [0.29, 0.717) is 23.5 Å². The van der Waals surface area contributed by atoms with Crippen LogP contribution in [0.5, 0.6) is 0 Å². The van der Waals surface area contributed by atoms with E-state index in [9.17, 15) is 9.59 Å². The van der Waals surface area contributed by atoms with Gasteiger partial charge in [0.25, 0.3) is 0 Å². The molecular weight excluding hydrogens is 220 g/mol. The Kier molecular flexibility index (Phi) is 7.04. The Morgan fingerprint density at radius 1 is 1.29 bits per heavy atom. The normalized spacial score (nSPS) is 26.1. The smallest absolute Gasteiger partial charge is 0.332 e. The fraction of sp³-hybridized carbons (Fsp3) is 0.846. The van der Waals surface area contributed by atoms with Crippen molar-refractivity contribution in [2.24, 2.45) is 17.8 Å². The van der Waals surface area contributed by atoms with Crippen LogP contribution in [0.4, 0.5) is 0 Å². The van der Waals surface area contributed by atoms with Gasteiger partial charge in [-0.1, -0.05) is 20.8 Å². The minimum atomic E-state index is -1.23. The van der Waals surface area contributed by atoms with E-state index < -0.39 is 12.1 Å². The van der Waals surface area contributed by atoms with Crippen molar-refractivity contribution >= 4 is 11.8 Å². The van der Waals surface area contributed by atoms with E-state index in [1.807, 2.05) is 0 Å². The van der Waals surface area contributed by atoms with Crippen LogP contribution in [0, 0.1) is 17.8 Å². The first-order valence-corrected chi connectivity index (χ1v) is 6.19. The molecule has 0 aromatic rings. The molecule has 100 valence electrons. The third-order valence-corrected chi connectivity index (χ3v) is 3.10. The number of aliphatic hydroxyl groups is 1. The van der Waals surface area contributed by atoms with Gasteiger partial charge in [-0.3, -0.25) is 4.79 Å². The number of aliphatic hydroxyl groups excluding tert-OH is 1. The highest BCUT2D eigenvalue weighted by molar-refractivity contribution is 5.82. The largest absolute Gasteiger partial charge is 0.479 e. The molecule has 1 aliphatic carbocycles. The second-order valence-corrected chi connectivity index (χ2v) is 5.22. The molecule has 1 saturated carbocycles. The van der Waals surface area contributed by atoms with Gasteiger partial charge in [-0.15, -0.1) is 0 Å². The average molecular weight is 244 g/mol. The number of aliphatic carboxylic acids is 1. The maximum atomic E-state index is 11.4. The standard InChI is InChI=1S/C10H18O.C3H6O3/c1-7(2)9-5-4-8(3)6-10(9)11;1-2(4)3(5)6/h7-9H,4-6H2,1-3H3;2,4H,1H3,(H,5,6)/t8-,9+;/m0./s1. The Labute approximate surface area is 103 Å².